The molecular formula is C13H15BrO2. The van der Waals surface area contributed by atoms with E-state index in [2.05, 4.69) is 28.1 Å². The number of alkyl halides is 1. The maximum atomic E-state index is 10.7. The van der Waals surface area contributed by atoms with E-state index in [1.54, 1.807) is 12.1 Å². The van der Waals surface area contributed by atoms with Crippen LogP contribution in [-0.2, 0) is 4.79 Å². The van der Waals surface area contributed by atoms with E-state index in [0.29, 0.717) is 5.75 Å². The topological polar surface area (TPSA) is 26.3 Å². The second-order valence-corrected chi connectivity index (χ2v) is 4.19. The molecule has 86 valence electrons. The van der Waals surface area contributed by atoms with Crippen molar-refractivity contribution in [2.75, 3.05) is 5.33 Å². The summed E-state index contributed by atoms with van der Waals surface area (Å²) < 4.78 is 4.94. The van der Waals surface area contributed by atoms with E-state index >= 15 is 0 Å². The second-order valence-electron chi connectivity index (χ2n) is 3.40. The Kier molecular flexibility index (Phi) is 5.86. The average Bonchev–Trinajstić information content (AvgIpc) is 2.26. The number of allylic oxidation sites excluding steroid dienone is 1. The molecule has 0 radical (unpaired) electrons. The molecule has 0 N–H and O–H groups in total. The molecule has 0 atom stereocenters. The molecule has 0 bridgehead atoms. The molecule has 0 fully saturated rings. The van der Waals surface area contributed by atoms with Gasteiger partial charge in [-0.2, -0.15) is 0 Å². The molecule has 0 heterocycles. The highest BCUT2D eigenvalue weighted by Gasteiger charge is 1.96. The third-order valence-corrected chi connectivity index (χ3v) is 2.52. The molecule has 0 unspecified atom stereocenters. The molecular weight excluding hydrogens is 268 g/mol. The first kappa shape index (κ1) is 13.0. The molecule has 0 aliphatic carbocycles. The summed E-state index contributed by atoms with van der Waals surface area (Å²) in [4.78, 5) is 10.7. The summed E-state index contributed by atoms with van der Waals surface area (Å²) >= 11 is 3.39. The van der Waals surface area contributed by atoms with Gasteiger partial charge in [-0.3, -0.25) is 4.79 Å². The summed E-state index contributed by atoms with van der Waals surface area (Å²) in [7, 11) is 0. The third-order valence-electron chi connectivity index (χ3n) is 1.96. The highest BCUT2D eigenvalue weighted by atomic mass is 79.9. The van der Waals surface area contributed by atoms with Gasteiger partial charge in [-0.25, -0.2) is 0 Å². The van der Waals surface area contributed by atoms with Gasteiger partial charge >= 0.3 is 5.97 Å². The van der Waals surface area contributed by atoms with Crippen LogP contribution in [0.5, 0.6) is 5.75 Å². The van der Waals surface area contributed by atoms with Crippen molar-refractivity contribution in [2.45, 2.75) is 19.8 Å². The van der Waals surface area contributed by atoms with E-state index in [-0.39, 0.29) is 5.97 Å². The van der Waals surface area contributed by atoms with Crippen molar-refractivity contribution in [3.05, 3.63) is 35.9 Å². The smallest absolute Gasteiger partial charge is 0.308 e. The van der Waals surface area contributed by atoms with Gasteiger partial charge in [0.15, 0.2) is 0 Å². The summed E-state index contributed by atoms with van der Waals surface area (Å²) in [5, 5.41) is 1.03. The summed E-state index contributed by atoms with van der Waals surface area (Å²) in [6.45, 7) is 1.40. The fourth-order valence-electron chi connectivity index (χ4n) is 1.23. The first-order valence-corrected chi connectivity index (χ1v) is 6.35. The van der Waals surface area contributed by atoms with Gasteiger partial charge in [-0.05, 0) is 30.5 Å². The van der Waals surface area contributed by atoms with Crippen molar-refractivity contribution in [1.82, 2.24) is 0 Å². The molecule has 0 saturated heterocycles. The van der Waals surface area contributed by atoms with Crippen LogP contribution >= 0.6 is 15.9 Å². The molecule has 0 saturated carbocycles. The quantitative estimate of drug-likeness (QED) is 0.355. The van der Waals surface area contributed by atoms with Crippen molar-refractivity contribution in [3.63, 3.8) is 0 Å². The largest absolute Gasteiger partial charge is 0.427 e. The zero-order chi connectivity index (χ0) is 11.8. The van der Waals surface area contributed by atoms with Gasteiger partial charge in [-0.15, -0.1) is 0 Å². The molecule has 0 aromatic heterocycles. The van der Waals surface area contributed by atoms with Crippen LogP contribution in [0.4, 0.5) is 0 Å². The van der Waals surface area contributed by atoms with Crippen molar-refractivity contribution in [1.29, 1.82) is 0 Å². The number of hydrogen-bond donors (Lipinski definition) is 0. The van der Waals surface area contributed by atoms with Crippen LogP contribution in [-0.4, -0.2) is 11.3 Å². The predicted molar refractivity (Wildman–Crippen MR) is 69.8 cm³/mol. The lowest BCUT2D eigenvalue weighted by Gasteiger charge is -2.00. The molecule has 0 amide bonds. The summed E-state index contributed by atoms with van der Waals surface area (Å²) in [6, 6.07) is 7.46. The Balaban J connectivity index is 2.50. The van der Waals surface area contributed by atoms with Gasteiger partial charge in [0, 0.05) is 12.3 Å². The fourth-order valence-corrected chi connectivity index (χ4v) is 1.55. The van der Waals surface area contributed by atoms with Crippen molar-refractivity contribution in [3.8, 4) is 5.75 Å². The molecule has 0 spiro atoms. The lowest BCUT2D eigenvalue weighted by atomic mass is 10.2. The van der Waals surface area contributed by atoms with Gasteiger partial charge in [0.1, 0.15) is 5.75 Å². The molecule has 16 heavy (non-hydrogen) atoms. The number of hydrogen-bond acceptors (Lipinski definition) is 2. The van der Waals surface area contributed by atoms with Crippen LogP contribution < -0.4 is 4.74 Å². The van der Waals surface area contributed by atoms with Crippen LogP contribution in [0.1, 0.15) is 25.3 Å². The van der Waals surface area contributed by atoms with Gasteiger partial charge in [0.25, 0.3) is 0 Å². The van der Waals surface area contributed by atoms with Gasteiger partial charge < -0.3 is 4.74 Å². The minimum absolute atomic E-state index is 0.291. The standard InChI is InChI=1S/C13H15BrO2/c1-11(15)16-13-8-6-12(7-9-13)5-3-2-4-10-14/h3,5-9H,2,4,10H2,1H3. The lowest BCUT2D eigenvalue weighted by Crippen LogP contribution is -2.00. The Bertz CT molecular complexity index is 355. The number of halogens is 1. The summed E-state index contributed by atoms with van der Waals surface area (Å²) in [5.41, 5.74) is 1.12. The predicted octanol–water partition coefficient (Wildman–Crippen LogP) is 3.80. The normalized spacial score (nSPS) is 10.6. The minimum atomic E-state index is -0.291. The highest BCUT2D eigenvalue weighted by molar-refractivity contribution is 9.09. The Labute approximate surface area is 104 Å². The highest BCUT2D eigenvalue weighted by Crippen LogP contribution is 2.13. The zero-order valence-corrected chi connectivity index (χ0v) is 10.9. The molecule has 0 aliphatic heterocycles. The number of esters is 1. The van der Waals surface area contributed by atoms with E-state index in [4.69, 9.17) is 4.74 Å². The average molecular weight is 283 g/mol. The number of rotatable bonds is 5. The number of ether oxygens (including phenoxy) is 1. The van der Waals surface area contributed by atoms with E-state index in [9.17, 15) is 4.79 Å². The van der Waals surface area contributed by atoms with Crippen LogP contribution in [0.3, 0.4) is 0 Å². The van der Waals surface area contributed by atoms with Gasteiger partial charge in [-0.1, -0.05) is 40.2 Å². The molecule has 1 aromatic carbocycles. The Morgan fingerprint density at radius 2 is 2.06 bits per heavy atom. The maximum absolute atomic E-state index is 10.7. The number of unbranched alkanes of at least 4 members (excludes halogenated alkanes) is 1. The second kappa shape index (κ2) is 7.23. The fraction of sp³-hybridized carbons (Fsp3) is 0.308. The van der Waals surface area contributed by atoms with Gasteiger partial charge in [0.05, 0.1) is 0 Å². The first-order valence-electron chi connectivity index (χ1n) is 5.23. The SMILES string of the molecule is CC(=O)Oc1ccc(C=CCCCBr)cc1. The van der Waals surface area contributed by atoms with Crippen LogP contribution in [0.2, 0.25) is 0 Å². The molecule has 1 rings (SSSR count). The van der Waals surface area contributed by atoms with Gasteiger partial charge in [0.2, 0.25) is 0 Å². The monoisotopic (exact) mass is 282 g/mol. The Morgan fingerprint density at radius 1 is 1.38 bits per heavy atom. The molecule has 0 aliphatic rings. The molecule has 2 nitrogen and oxygen atoms in total. The Hall–Kier alpha value is -1.09. The molecule has 3 heteroatoms. The van der Waals surface area contributed by atoms with Crippen LogP contribution in [0.15, 0.2) is 30.3 Å². The third kappa shape index (κ3) is 5.12. The van der Waals surface area contributed by atoms with Crippen LogP contribution in [0, 0.1) is 0 Å². The van der Waals surface area contributed by atoms with Crippen molar-refractivity contribution >= 4 is 28.0 Å². The van der Waals surface area contributed by atoms with E-state index in [1.807, 2.05) is 12.1 Å². The van der Waals surface area contributed by atoms with E-state index in [0.717, 1.165) is 23.7 Å². The van der Waals surface area contributed by atoms with Crippen molar-refractivity contribution in [2.24, 2.45) is 0 Å². The zero-order valence-electron chi connectivity index (χ0n) is 9.28. The van der Waals surface area contributed by atoms with Crippen molar-refractivity contribution < 1.29 is 9.53 Å². The van der Waals surface area contributed by atoms with E-state index < -0.39 is 0 Å². The number of carbonyl (C=O) groups is 1. The summed E-state index contributed by atoms with van der Waals surface area (Å²) in [6.07, 6.45) is 6.42. The Morgan fingerprint density at radius 3 is 2.62 bits per heavy atom. The number of benzene rings is 1. The summed E-state index contributed by atoms with van der Waals surface area (Å²) in [5.74, 6) is 0.297. The molecule has 1 aromatic rings. The van der Waals surface area contributed by atoms with Crippen LogP contribution in [0.25, 0.3) is 6.08 Å². The minimum Gasteiger partial charge on any atom is -0.427 e. The maximum Gasteiger partial charge on any atom is 0.308 e. The lowest BCUT2D eigenvalue weighted by molar-refractivity contribution is -0.131. The first-order chi connectivity index (χ1) is 7.72. The van der Waals surface area contributed by atoms with E-state index in [1.165, 1.54) is 6.92 Å². The number of carbonyl (C=O) groups excluding carboxylic acids is 1.